The van der Waals surface area contributed by atoms with Gasteiger partial charge in [0, 0.05) is 18.9 Å². The van der Waals surface area contributed by atoms with Crippen LogP contribution in [0.25, 0.3) is 0 Å². The summed E-state index contributed by atoms with van der Waals surface area (Å²) in [4.78, 5) is 6.04. The third-order valence-electron chi connectivity index (χ3n) is 4.62. The molecule has 102 valence electrons. The van der Waals surface area contributed by atoms with Crippen molar-refractivity contribution in [2.45, 2.75) is 77.4 Å². The second kappa shape index (κ2) is 4.87. The molecule has 1 aliphatic heterocycles. The Morgan fingerprint density at radius 2 is 1.65 bits per heavy atom. The van der Waals surface area contributed by atoms with Crippen molar-refractivity contribution >= 4 is 0 Å². The Bertz CT molecular complexity index is 243. The van der Waals surface area contributed by atoms with Crippen molar-refractivity contribution < 1.29 is 9.48 Å². The van der Waals surface area contributed by atoms with E-state index in [1.54, 1.807) is 0 Å². The molecule has 0 radical (unpaired) electrons. The fourth-order valence-electron chi connectivity index (χ4n) is 4.04. The summed E-state index contributed by atoms with van der Waals surface area (Å²) in [6, 6.07) is 0.294. The molecule has 3 nitrogen and oxygen atoms in total. The standard InChI is InChI=1S/C14H31N2O/c1-7-8-9-16(17-6)13(2,3)10-12(15)11-14(16,4)5/h12H,7-11,15H2,1-6H3/q+1. The summed E-state index contributed by atoms with van der Waals surface area (Å²) < 4.78 is 0.738. The van der Waals surface area contributed by atoms with E-state index in [4.69, 9.17) is 10.6 Å². The molecule has 0 aliphatic carbocycles. The van der Waals surface area contributed by atoms with Crippen molar-refractivity contribution in [3.05, 3.63) is 0 Å². The monoisotopic (exact) mass is 243 g/mol. The SMILES string of the molecule is CCCC[N+]1(OC)C(C)(C)CC(N)CC1(C)C. The van der Waals surface area contributed by atoms with Crippen molar-refractivity contribution in [2.75, 3.05) is 13.7 Å². The Balaban J connectivity index is 3.10. The molecule has 3 heteroatoms. The van der Waals surface area contributed by atoms with E-state index in [0.29, 0.717) is 6.04 Å². The summed E-state index contributed by atoms with van der Waals surface area (Å²) in [5.74, 6) is 0. The van der Waals surface area contributed by atoms with Gasteiger partial charge in [-0.3, -0.25) is 0 Å². The lowest BCUT2D eigenvalue weighted by Gasteiger charge is -2.59. The van der Waals surface area contributed by atoms with Crippen LogP contribution >= 0.6 is 0 Å². The zero-order valence-corrected chi connectivity index (χ0v) is 12.5. The predicted molar refractivity (Wildman–Crippen MR) is 72.4 cm³/mol. The van der Waals surface area contributed by atoms with Gasteiger partial charge in [-0.2, -0.15) is 4.65 Å². The van der Waals surface area contributed by atoms with Crippen molar-refractivity contribution in [1.82, 2.24) is 0 Å². The van der Waals surface area contributed by atoms with Gasteiger partial charge >= 0.3 is 0 Å². The number of nitrogens with zero attached hydrogens (tertiary/aromatic N) is 1. The quantitative estimate of drug-likeness (QED) is 0.771. The smallest absolute Gasteiger partial charge is 0.125 e. The number of piperidine rings is 1. The van der Waals surface area contributed by atoms with E-state index >= 15 is 0 Å². The maximum absolute atomic E-state index is 6.22. The van der Waals surface area contributed by atoms with E-state index in [2.05, 4.69) is 34.6 Å². The third-order valence-corrected chi connectivity index (χ3v) is 4.62. The largest absolute Gasteiger partial charge is 0.327 e. The van der Waals surface area contributed by atoms with Crippen LogP contribution in [0.5, 0.6) is 0 Å². The summed E-state index contributed by atoms with van der Waals surface area (Å²) in [5.41, 5.74) is 6.40. The topological polar surface area (TPSA) is 35.2 Å². The minimum absolute atomic E-state index is 0.0884. The van der Waals surface area contributed by atoms with Gasteiger partial charge in [0.1, 0.15) is 17.6 Å². The van der Waals surface area contributed by atoms with Gasteiger partial charge in [-0.15, -0.1) is 0 Å². The maximum Gasteiger partial charge on any atom is 0.125 e. The molecular formula is C14H31N2O+. The van der Waals surface area contributed by atoms with Crippen LogP contribution in [0.4, 0.5) is 0 Å². The second-order valence-electron chi connectivity index (χ2n) is 6.79. The molecular weight excluding hydrogens is 212 g/mol. The molecule has 1 heterocycles. The minimum atomic E-state index is 0.0884. The fraction of sp³-hybridized carbons (Fsp3) is 1.00. The number of rotatable bonds is 4. The molecule has 0 aromatic carbocycles. The first-order chi connectivity index (χ1) is 7.72. The third kappa shape index (κ3) is 2.38. The molecule has 0 atom stereocenters. The van der Waals surface area contributed by atoms with E-state index in [9.17, 15) is 0 Å². The van der Waals surface area contributed by atoms with Crippen molar-refractivity contribution in [3.63, 3.8) is 0 Å². The molecule has 1 aliphatic rings. The highest BCUT2D eigenvalue weighted by Gasteiger charge is 2.59. The Morgan fingerprint density at radius 3 is 2.00 bits per heavy atom. The molecule has 0 aromatic rings. The van der Waals surface area contributed by atoms with Gasteiger partial charge in [0.2, 0.25) is 0 Å². The average molecular weight is 243 g/mol. The molecule has 0 unspecified atom stereocenters. The van der Waals surface area contributed by atoms with E-state index in [-0.39, 0.29) is 11.1 Å². The average Bonchev–Trinajstić information content (AvgIpc) is 2.14. The Kier molecular flexibility index (Phi) is 4.28. The van der Waals surface area contributed by atoms with E-state index in [1.165, 1.54) is 12.8 Å². The number of quaternary nitrogens is 1. The first kappa shape index (κ1) is 14.9. The minimum Gasteiger partial charge on any atom is -0.327 e. The van der Waals surface area contributed by atoms with Crippen LogP contribution in [0, 0.1) is 0 Å². The van der Waals surface area contributed by atoms with Gasteiger partial charge in [-0.05, 0) is 34.1 Å². The zero-order chi connectivity index (χ0) is 13.3. The lowest BCUT2D eigenvalue weighted by molar-refractivity contribution is -1.17. The molecule has 17 heavy (non-hydrogen) atoms. The van der Waals surface area contributed by atoms with Crippen LogP contribution in [0.3, 0.4) is 0 Å². The molecule has 0 amide bonds. The summed E-state index contributed by atoms with van der Waals surface area (Å²) in [6.07, 6.45) is 4.49. The normalized spacial score (nSPS) is 35.8. The first-order valence-electron chi connectivity index (χ1n) is 6.92. The molecule has 0 spiro atoms. The molecule has 1 rings (SSSR count). The molecule has 1 fully saturated rings. The number of hydrogen-bond acceptors (Lipinski definition) is 2. The predicted octanol–water partition coefficient (Wildman–Crippen LogP) is 2.84. The maximum atomic E-state index is 6.22. The van der Waals surface area contributed by atoms with Gasteiger partial charge in [0.05, 0.1) is 7.11 Å². The molecule has 0 saturated carbocycles. The molecule has 1 saturated heterocycles. The summed E-state index contributed by atoms with van der Waals surface area (Å²) in [7, 11) is 1.86. The molecule has 2 N–H and O–H groups in total. The van der Waals surface area contributed by atoms with Gasteiger partial charge in [-0.1, -0.05) is 13.3 Å². The fourth-order valence-corrected chi connectivity index (χ4v) is 4.04. The highest BCUT2D eigenvalue weighted by Crippen LogP contribution is 2.45. The van der Waals surface area contributed by atoms with Gasteiger partial charge in [0.15, 0.2) is 0 Å². The second-order valence-corrected chi connectivity index (χ2v) is 6.79. The van der Waals surface area contributed by atoms with Gasteiger partial charge in [-0.25, -0.2) is 4.84 Å². The Hall–Kier alpha value is -0.120. The van der Waals surface area contributed by atoms with E-state index in [0.717, 1.165) is 24.0 Å². The number of nitrogens with two attached hydrogens (primary N) is 1. The van der Waals surface area contributed by atoms with Crippen LogP contribution in [-0.4, -0.2) is 35.4 Å². The Labute approximate surface area is 107 Å². The zero-order valence-electron chi connectivity index (χ0n) is 12.5. The van der Waals surface area contributed by atoms with Crippen LogP contribution in [-0.2, 0) is 4.84 Å². The highest BCUT2D eigenvalue weighted by molar-refractivity contribution is 4.90. The van der Waals surface area contributed by atoms with Crippen molar-refractivity contribution in [1.29, 1.82) is 0 Å². The molecule has 0 bridgehead atoms. The number of likely N-dealkylation sites (tertiary alicyclic amines) is 1. The summed E-state index contributed by atoms with van der Waals surface area (Å²) in [5, 5.41) is 0. The van der Waals surface area contributed by atoms with Crippen molar-refractivity contribution in [3.8, 4) is 0 Å². The highest BCUT2D eigenvalue weighted by atomic mass is 16.7. The number of hydrogen-bond donors (Lipinski definition) is 1. The van der Waals surface area contributed by atoms with Crippen LogP contribution in [0.15, 0.2) is 0 Å². The van der Waals surface area contributed by atoms with Crippen LogP contribution in [0.1, 0.15) is 60.3 Å². The lowest BCUT2D eigenvalue weighted by Crippen LogP contribution is -2.75. The van der Waals surface area contributed by atoms with Gasteiger partial charge < -0.3 is 5.73 Å². The molecule has 0 aromatic heterocycles. The number of hydroxylamine groups is 3. The van der Waals surface area contributed by atoms with E-state index < -0.39 is 0 Å². The van der Waals surface area contributed by atoms with Crippen LogP contribution < -0.4 is 5.73 Å². The summed E-state index contributed by atoms with van der Waals surface area (Å²) >= 11 is 0. The lowest BCUT2D eigenvalue weighted by atomic mass is 9.76. The van der Waals surface area contributed by atoms with E-state index in [1.807, 2.05) is 7.11 Å². The Morgan fingerprint density at radius 1 is 1.18 bits per heavy atom. The van der Waals surface area contributed by atoms with Gasteiger partial charge in [0.25, 0.3) is 0 Å². The van der Waals surface area contributed by atoms with Crippen molar-refractivity contribution in [2.24, 2.45) is 5.73 Å². The summed E-state index contributed by atoms with van der Waals surface area (Å²) in [6.45, 7) is 12.5. The first-order valence-corrected chi connectivity index (χ1v) is 6.92. The van der Waals surface area contributed by atoms with Crippen LogP contribution in [0.2, 0.25) is 0 Å². The number of unbranched alkanes of at least 4 members (excludes halogenated alkanes) is 1.